The number of nitrogens with zero attached hydrogens (tertiary/aromatic N) is 2. The first kappa shape index (κ1) is 17.5. The van der Waals surface area contributed by atoms with Crippen LogP contribution < -0.4 is 5.32 Å². The van der Waals surface area contributed by atoms with E-state index in [2.05, 4.69) is 38.1 Å². The lowest BCUT2D eigenvalue weighted by Crippen LogP contribution is -2.37. The zero-order valence-electron chi connectivity index (χ0n) is 13.4. The van der Waals surface area contributed by atoms with Gasteiger partial charge >= 0.3 is 0 Å². The normalized spacial score (nSPS) is 13.2. The molecule has 4 nitrogen and oxygen atoms in total. The molecular weight excluding hydrogens is 274 g/mol. The van der Waals surface area contributed by atoms with Crippen molar-refractivity contribution in [2.75, 3.05) is 13.2 Å². The van der Waals surface area contributed by atoms with Crippen LogP contribution in [0.5, 0.6) is 0 Å². The Morgan fingerprint density at radius 3 is 2.55 bits per heavy atom. The number of aromatic nitrogens is 2. The van der Waals surface area contributed by atoms with Crippen LogP contribution in [-0.2, 0) is 24.6 Å². The average Bonchev–Trinajstić information content (AvgIpc) is 2.68. The summed E-state index contributed by atoms with van der Waals surface area (Å²) in [5, 5.41) is 8.81. The lowest BCUT2D eigenvalue weighted by molar-refractivity contribution is 0.0609. The van der Waals surface area contributed by atoms with Crippen LogP contribution in [0.4, 0.5) is 0 Å². The number of nitrogens with one attached hydrogen (secondary N) is 1. The van der Waals surface area contributed by atoms with Gasteiger partial charge in [0.05, 0.1) is 29.1 Å². The quantitative estimate of drug-likeness (QED) is 0.762. The molecule has 0 fully saturated rings. The van der Waals surface area contributed by atoms with Crippen LogP contribution in [0.25, 0.3) is 0 Å². The Balaban J connectivity index is 2.74. The predicted octanol–water partition coefficient (Wildman–Crippen LogP) is 2.97. The first-order chi connectivity index (χ1) is 9.49. The molecule has 1 aromatic heterocycles. The molecule has 20 heavy (non-hydrogen) atoms. The minimum absolute atomic E-state index is 0.245. The predicted molar refractivity (Wildman–Crippen MR) is 84.5 cm³/mol. The van der Waals surface area contributed by atoms with Gasteiger partial charge in [-0.1, -0.05) is 25.4 Å². The highest BCUT2D eigenvalue weighted by Gasteiger charge is 2.18. The van der Waals surface area contributed by atoms with Crippen LogP contribution in [0.2, 0.25) is 5.02 Å². The van der Waals surface area contributed by atoms with E-state index in [0.29, 0.717) is 6.61 Å². The van der Waals surface area contributed by atoms with Crippen molar-refractivity contribution in [3.8, 4) is 0 Å². The van der Waals surface area contributed by atoms with Gasteiger partial charge in [-0.3, -0.25) is 4.68 Å². The first-order valence-corrected chi connectivity index (χ1v) is 7.92. The fourth-order valence-electron chi connectivity index (χ4n) is 2.12. The number of rotatable bonds is 9. The molecule has 0 aliphatic heterocycles. The molecule has 1 heterocycles. The van der Waals surface area contributed by atoms with Gasteiger partial charge in [0, 0.05) is 19.5 Å². The molecule has 0 saturated heterocycles. The van der Waals surface area contributed by atoms with Crippen molar-refractivity contribution in [2.45, 2.75) is 59.1 Å². The molecule has 0 aromatic carbocycles. The molecule has 0 radical (unpaired) electrons. The largest absolute Gasteiger partial charge is 0.377 e. The van der Waals surface area contributed by atoms with E-state index in [0.717, 1.165) is 42.2 Å². The Morgan fingerprint density at radius 2 is 2.05 bits per heavy atom. The third-order valence-electron chi connectivity index (χ3n) is 3.26. The van der Waals surface area contributed by atoms with Gasteiger partial charge in [-0.05, 0) is 33.2 Å². The van der Waals surface area contributed by atoms with Crippen LogP contribution in [0.15, 0.2) is 0 Å². The van der Waals surface area contributed by atoms with Gasteiger partial charge in [-0.2, -0.15) is 5.10 Å². The highest BCUT2D eigenvalue weighted by atomic mass is 35.5. The molecule has 1 unspecified atom stereocenters. The van der Waals surface area contributed by atoms with Crippen molar-refractivity contribution < 1.29 is 4.74 Å². The summed E-state index contributed by atoms with van der Waals surface area (Å²) in [6.07, 6.45) is 3.06. The molecule has 1 atom stereocenters. The molecule has 1 N–H and O–H groups in total. The molecule has 1 aromatic rings. The van der Waals surface area contributed by atoms with Crippen molar-refractivity contribution in [3.05, 3.63) is 16.4 Å². The molecule has 0 bridgehead atoms. The molecular formula is C15H28ClN3O. The van der Waals surface area contributed by atoms with Gasteiger partial charge in [-0.15, -0.1) is 0 Å². The number of halogens is 1. The molecule has 0 aliphatic rings. The Labute approximate surface area is 127 Å². The summed E-state index contributed by atoms with van der Waals surface area (Å²) in [6.45, 7) is 10.0. The Kier molecular flexibility index (Phi) is 7.56. The van der Waals surface area contributed by atoms with Gasteiger partial charge in [0.15, 0.2) is 0 Å². The molecule has 0 saturated carbocycles. The van der Waals surface area contributed by atoms with E-state index in [4.69, 9.17) is 16.3 Å². The first-order valence-electron chi connectivity index (χ1n) is 7.54. The minimum atomic E-state index is 0.245. The van der Waals surface area contributed by atoms with E-state index in [-0.39, 0.29) is 12.1 Å². The highest BCUT2D eigenvalue weighted by Crippen LogP contribution is 2.22. The summed E-state index contributed by atoms with van der Waals surface area (Å²) in [4.78, 5) is 0. The number of hydrogen-bond acceptors (Lipinski definition) is 3. The second kappa shape index (κ2) is 8.65. The van der Waals surface area contributed by atoms with E-state index in [9.17, 15) is 0 Å². The Morgan fingerprint density at radius 1 is 1.35 bits per heavy atom. The molecule has 116 valence electrons. The number of ether oxygens (including phenoxy) is 1. The maximum atomic E-state index is 6.42. The average molecular weight is 302 g/mol. The van der Waals surface area contributed by atoms with Crippen molar-refractivity contribution in [3.63, 3.8) is 0 Å². The third-order valence-corrected chi connectivity index (χ3v) is 3.69. The fraction of sp³-hybridized carbons (Fsp3) is 0.800. The van der Waals surface area contributed by atoms with Crippen LogP contribution in [0.3, 0.4) is 0 Å². The zero-order valence-corrected chi connectivity index (χ0v) is 14.1. The van der Waals surface area contributed by atoms with E-state index < -0.39 is 0 Å². The van der Waals surface area contributed by atoms with Gasteiger partial charge < -0.3 is 10.1 Å². The SMILES string of the molecule is CCCNC(COC(C)C)Cc1c(Cl)c(CC)nn1C. The van der Waals surface area contributed by atoms with Crippen molar-refractivity contribution in [1.82, 2.24) is 15.1 Å². The van der Waals surface area contributed by atoms with E-state index in [1.54, 1.807) is 0 Å². The second-order valence-electron chi connectivity index (χ2n) is 5.42. The van der Waals surface area contributed by atoms with Crippen molar-refractivity contribution >= 4 is 11.6 Å². The maximum absolute atomic E-state index is 6.42. The molecule has 0 amide bonds. The Bertz CT molecular complexity index is 404. The van der Waals surface area contributed by atoms with Crippen LogP contribution in [-0.4, -0.2) is 35.1 Å². The molecule has 0 aliphatic carbocycles. The summed E-state index contributed by atoms with van der Waals surface area (Å²) >= 11 is 6.42. The summed E-state index contributed by atoms with van der Waals surface area (Å²) < 4.78 is 7.65. The smallest absolute Gasteiger partial charge is 0.0850 e. The Hall–Kier alpha value is -0.580. The van der Waals surface area contributed by atoms with Crippen molar-refractivity contribution in [1.29, 1.82) is 0 Å². The lowest BCUT2D eigenvalue weighted by atomic mass is 10.1. The molecule has 0 spiro atoms. The lowest BCUT2D eigenvalue weighted by Gasteiger charge is -2.20. The van der Waals surface area contributed by atoms with Gasteiger partial charge in [-0.25, -0.2) is 0 Å². The topological polar surface area (TPSA) is 39.1 Å². The number of hydrogen-bond donors (Lipinski definition) is 1. The second-order valence-corrected chi connectivity index (χ2v) is 5.80. The highest BCUT2D eigenvalue weighted by molar-refractivity contribution is 6.31. The summed E-state index contributed by atoms with van der Waals surface area (Å²) in [6, 6.07) is 0.273. The maximum Gasteiger partial charge on any atom is 0.0850 e. The fourth-order valence-corrected chi connectivity index (χ4v) is 2.49. The zero-order chi connectivity index (χ0) is 15.1. The minimum Gasteiger partial charge on any atom is -0.377 e. The van der Waals surface area contributed by atoms with E-state index in [1.807, 2.05) is 11.7 Å². The monoisotopic (exact) mass is 301 g/mol. The van der Waals surface area contributed by atoms with E-state index >= 15 is 0 Å². The van der Waals surface area contributed by atoms with Crippen LogP contribution in [0, 0.1) is 0 Å². The van der Waals surface area contributed by atoms with Gasteiger partial charge in [0.25, 0.3) is 0 Å². The molecule has 1 rings (SSSR count). The van der Waals surface area contributed by atoms with Crippen LogP contribution >= 0.6 is 11.6 Å². The van der Waals surface area contributed by atoms with Gasteiger partial charge in [0.1, 0.15) is 0 Å². The van der Waals surface area contributed by atoms with E-state index in [1.165, 1.54) is 0 Å². The summed E-state index contributed by atoms with van der Waals surface area (Å²) in [5.41, 5.74) is 2.06. The third kappa shape index (κ3) is 5.08. The summed E-state index contributed by atoms with van der Waals surface area (Å²) in [5.74, 6) is 0. The van der Waals surface area contributed by atoms with Gasteiger partial charge in [0.2, 0.25) is 0 Å². The molecule has 5 heteroatoms. The summed E-state index contributed by atoms with van der Waals surface area (Å²) in [7, 11) is 1.96. The number of aryl methyl sites for hydroxylation is 2. The van der Waals surface area contributed by atoms with Crippen LogP contribution in [0.1, 0.15) is 45.5 Å². The standard InChI is InChI=1S/C15H28ClN3O/c1-6-8-17-12(10-20-11(3)4)9-14-15(16)13(7-2)18-19(14)5/h11-12,17H,6-10H2,1-5H3. The van der Waals surface area contributed by atoms with Crippen molar-refractivity contribution in [2.24, 2.45) is 7.05 Å².